The van der Waals surface area contributed by atoms with Crippen LogP contribution in [0, 0.1) is 6.92 Å². The van der Waals surface area contributed by atoms with Crippen LogP contribution in [0.3, 0.4) is 0 Å². The summed E-state index contributed by atoms with van der Waals surface area (Å²) in [4.78, 5) is 27.4. The minimum Gasteiger partial charge on any atom is -0.393 e. The summed E-state index contributed by atoms with van der Waals surface area (Å²) in [5.41, 5.74) is 1.23. The van der Waals surface area contributed by atoms with Crippen molar-refractivity contribution in [1.29, 1.82) is 0 Å². The van der Waals surface area contributed by atoms with Crippen LogP contribution >= 0.6 is 22.9 Å². The van der Waals surface area contributed by atoms with Gasteiger partial charge in [-0.1, -0.05) is 23.7 Å². The quantitative estimate of drug-likeness (QED) is 0.857. The lowest BCUT2D eigenvalue weighted by molar-refractivity contribution is 0.0550. The first-order valence-electron chi connectivity index (χ1n) is 8.09. The molecule has 25 heavy (non-hydrogen) atoms. The highest BCUT2D eigenvalue weighted by Crippen LogP contribution is 2.29. The molecule has 0 unspecified atom stereocenters. The zero-order valence-corrected chi connectivity index (χ0v) is 15.4. The predicted octanol–water partition coefficient (Wildman–Crippen LogP) is 3.56. The van der Waals surface area contributed by atoms with Crippen molar-refractivity contribution in [1.82, 2.24) is 4.90 Å². The number of amides is 2. The number of aryl methyl sites for hydroxylation is 1. The predicted molar refractivity (Wildman–Crippen MR) is 99.6 cm³/mol. The van der Waals surface area contributed by atoms with E-state index in [-0.39, 0.29) is 17.9 Å². The molecule has 0 radical (unpaired) electrons. The highest BCUT2D eigenvalue weighted by molar-refractivity contribution is 7.18. The van der Waals surface area contributed by atoms with E-state index in [0.717, 1.165) is 5.56 Å². The van der Waals surface area contributed by atoms with E-state index in [9.17, 15) is 14.7 Å². The standard InChI is InChI=1S/C18H19ClN2O3S/c1-11-10-15(20-17(23)13-4-2-3-5-14(13)19)25-16(11)18(24)21-8-6-12(22)7-9-21/h2-5,10,12,22H,6-9H2,1H3,(H,20,23). The number of nitrogens with zero attached hydrogens (tertiary/aromatic N) is 1. The van der Waals surface area contributed by atoms with Gasteiger partial charge in [0.2, 0.25) is 0 Å². The summed E-state index contributed by atoms with van der Waals surface area (Å²) in [6, 6.07) is 8.63. The van der Waals surface area contributed by atoms with Crippen LogP contribution in [0.2, 0.25) is 5.02 Å². The van der Waals surface area contributed by atoms with Gasteiger partial charge in [0.15, 0.2) is 0 Å². The molecule has 0 aliphatic carbocycles. The molecule has 1 aromatic carbocycles. The van der Waals surface area contributed by atoms with E-state index in [0.29, 0.717) is 46.4 Å². The molecule has 2 amide bonds. The molecule has 1 saturated heterocycles. The van der Waals surface area contributed by atoms with E-state index in [1.165, 1.54) is 11.3 Å². The smallest absolute Gasteiger partial charge is 0.264 e. The van der Waals surface area contributed by atoms with Crippen molar-refractivity contribution in [3.63, 3.8) is 0 Å². The molecule has 1 aliphatic heterocycles. The SMILES string of the molecule is Cc1cc(NC(=O)c2ccccc2Cl)sc1C(=O)N1CCC(O)CC1. The first kappa shape index (κ1) is 17.9. The van der Waals surface area contributed by atoms with Gasteiger partial charge in [0, 0.05) is 13.1 Å². The Bertz CT molecular complexity index is 797. The molecule has 2 heterocycles. The number of rotatable bonds is 3. The van der Waals surface area contributed by atoms with Crippen LogP contribution in [0.1, 0.15) is 38.4 Å². The minimum absolute atomic E-state index is 0.0485. The summed E-state index contributed by atoms with van der Waals surface area (Å²) >= 11 is 7.31. The first-order valence-corrected chi connectivity index (χ1v) is 9.29. The van der Waals surface area contributed by atoms with E-state index in [1.807, 2.05) is 6.92 Å². The maximum absolute atomic E-state index is 12.7. The molecular weight excluding hydrogens is 360 g/mol. The van der Waals surface area contributed by atoms with Gasteiger partial charge in [0.25, 0.3) is 11.8 Å². The normalized spacial score (nSPS) is 15.2. The van der Waals surface area contributed by atoms with Crippen molar-refractivity contribution in [2.75, 3.05) is 18.4 Å². The van der Waals surface area contributed by atoms with Gasteiger partial charge in [0.1, 0.15) is 0 Å². The maximum atomic E-state index is 12.7. The topological polar surface area (TPSA) is 69.6 Å². The summed E-state index contributed by atoms with van der Waals surface area (Å²) in [6.07, 6.45) is 0.886. The van der Waals surface area contributed by atoms with Gasteiger partial charge in [-0.2, -0.15) is 0 Å². The number of likely N-dealkylation sites (tertiary alicyclic amines) is 1. The third-order valence-corrected chi connectivity index (χ3v) is 5.69. The van der Waals surface area contributed by atoms with Crippen molar-refractivity contribution >= 4 is 39.8 Å². The lowest BCUT2D eigenvalue weighted by Crippen LogP contribution is -2.39. The second-order valence-corrected chi connectivity index (χ2v) is 7.54. The molecule has 0 saturated carbocycles. The Balaban J connectivity index is 1.73. The third kappa shape index (κ3) is 4.03. The lowest BCUT2D eigenvalue weighted by Gasteiger charge is -2.29. The fraction of sp³-hybridized carbons (Fsp3) is 0.333. The van der Waals surface area contributed by atoms with Crippen molar-refractivity contribution in [2.24, 2.45) is 0 Å². The number of hydrogen-bond donors (Lipinski definition) is 2. The monoisotopic (exact) mass is 378 g/mol. The number of carbonyl (C=O) groups is 2. The van der Waals surface area contributed by atoms with Crippen LogP contribution in [-0.4, -0.2) is 41.0 Å². The number of thiophene rings is 1. The lowest BCUT2D eigenvalue weighted by atomic mass is 10.1. The maximum Gasteiger partial charge on any atom is 0.264 e. The number of anilines is 1. The fourth-order valence-corrected chi connectivity index (χ4v) is 4.05. The number of nitrogens with one attached hydrogen (secondary N) is 1. The van der Waals surface area contributed by atoms with Crippen LogP contribution in [-0.2, 0) is 0 Å². The summed E-state index contributed by atoms with van der Waals surface area (Å²) in [5, 5.41) is 13.4. The molecule has 2 aromatic rings. The largest absolute Gasteiger partial charge is 0.393 e. The molecule has 0 spiro atoms. The van der Waals surface area contributed by atoms with Gasteiger partial charge < -0.3 is 15.3 Å². The zero-order chi connectivity index (χ0) is 18.0. The average molecular weight is 379 g/mol. The van der Waals surface area contributed by atoms with Gasteiger partial charge in [-0.25, -0.2) is 0 Å². The van der Waals surface area contributed by atoms with Crippen LogP contribution in [0.25, 0.3) is 0 Å². The van der Waals surface area contributed by atoms with E-state index < -0.39 is 0 Å². The van der Waals surface area contributed by atoms with E-state index in [1.54, 1.807) is 35.2 Å². The minimum atomic E-state index is -0.320. The van der Waals surface area contributed by atoms with Crippen molar-refractivity contribution in [2.45, 2.75) is 25.9 Å². The van der Waals surface area contributed by atoms with Gasteiger partial charge >= 0.3 is 0 Å². The van der Waals surface area contributed by atoms with Crippen LogP contribution in [0.5, 0.6) is 0 Å². The summed E-state index contributed by atoms with van der Waals surface area (Å²) in [7, 11) is 0. The number of carbonyl (C=O) groups excluding carboxylic acids is 2. The summed E-state index contributed by atoms with van der Waals surface area (Å²) in [5.74, 6) is -0.348. The Labute approximate surface area is 155 Å². The molecule has 7 heteroatoms. The molecule has 3 rings (SSSR count). The first-order chi connectivity index (χ1) is 12.0. The molecule has 2 N–H and O–H groups in total. The average Bonchev–Trinajstić information content (AvgIpc) is 2.95. The molecule has 0 bridgehead atoms. The fourth-order valence-electron chi connectivity index (χ4n) is 2.79. The van der Waals surface area contributed by atoms with Crippen LogP contribution in [0.15, 0.2) is 30.3 Å². The molecular formula is C18H19ClN2O3S. The number of benzene rings is 1. The van der Waals surface area contributed by atoms with E-state index >= 15 is 0 Å². The van der Waals surface area contributed by atoms with Gasteiger partial charge in [-0.3, -0.25) is 9.59 Å². The van der Waals surface area contributed by atoms with Gasteiger partial charge in [-0.15, -0.1) is 11.3 Å². The van der Waals surface area contributed by atoms with E-state index in [2.05, 4.69) is 5.32 Å². The molecule has 1 aromatic heterocycles. The number of piperidine rings is 1. The highest BCUT2D eigenvalue weighted by atomic mass is 35.5. The molecule has 1 aliphatic rings. The summed E-state index contributed by atoms with van der Waals surface area (Å²) in [6.45, 7) is 2.96. The van der Waals surface area contributed by atoms with Crippen molar-refractivity contribution in [3.8, 4) is 0 Å². The summed E-state index contributed by atoms with van der Waals surface area (Å²) < 4.78 is 0. The Morgan fingerprint density at radius 1 is 1.28 bits per heavy atom. The molecule has 0 atom stereocenters. The molecule has 5 nitrogen and oxygen atoms in total. The number of halogens is 1. The van der Waals surface area contributed by atoms with Gasteiger partial charge in [0.05, 0.1) is 26.6 Å². The second-order valence-electron chi connectivity index (χ2n) is 6.08. The van der Waals surface area contributed by atoms with Gasteiger partial charge in [-0.05, 0) is 43.5 Å². The number of aliphatic hydroxyl groups is 1. The van der Waals surface area contributed by atoms with Crippen LogP contribution < -0.4 is 5.32 Å². The van der Waals surface area contributed by atoms with Crippen LogP contribution in [0.4, 0.5) is 5.00 Å². The van der Waals surface area contributed by atoms with Crippen molar-refractivity contribution < 1.29 is 14.7 Å². The van der Waals surface area contributed by atoms with E-state index in [4.69, 9.17) is 11.6 Å². The molecule has 132 valence electrons. The Hall–Kier alpha value is -1.89. The molecule has 1 fully saturated rings. The Kier molecular flexibility index (Phi) is 5.42. The second kappa shape index (κ2) is 7.56. The Morgan fingerprint density at radius 3 is 2.64 bits per heavy atom. The Morgan fingerprint density at radius 2 is 1.96 bits per heavy atom. The number of aliphatic hydroxyl groups excluding tert-OH is 1. The van der Waals surface area contributed by atoms with Crippen molar-refractivity contribution in [3.05, 3.63) is 51.4 Å². The highest BCUT2D eigenvalue weighted by Gasteiger charge is 2.25. The number of hydrogen-bond acceptors (Lipinski definition) is 4. The third-order valence-electron chi connectivity index (χ3n) is 4.22. The zero-order valence-electron chi connectivity index (χ0n) is 13.8.